The van der Waals surface area contributed by atoms with Crippen LogP contribution in [0.2, 0.25) is 0 Å². The van der Waals surface area contributed by atoms with Crippen molar-refractivity contribution >= 4 is 11.9 Å². The fraction of sp³-hybridized carbons (Fsp3) is 0.818. The van der Waals surface area contributed by atoms with Crippen molar-refractivity contribution in [1.82, 2.24) is 4.90 Å². The van der Waals surface area contributed by atoms with E-state index in [1.54, 1.807) is 32.8 Å². The van der Waals surface area contributed by atoms with Crippen molar-refractivity contribution in [2.45, 2.75) is 32.7 Å². The molecule has 0 N–H and O–H groups in total. The predicted molar refractivity (Wildman–Crippen MR) is 60.0 cm³/mol. The Kier molecular flexibility index (Phi) is 7.54. The third kappa shape index (κ3) is 5.70. The first-order valence-electron chi connectivity index (χ1n) is 5.51. The molecule has 0 bridgehead atoms. The Morgan fingerprint density at radius 3 is 2.12 bits per heavy atom. The minimum absolute atomic E-state index is 0.232. The first kappa shape index (κ1) is 14.9. The molecule has 1 atom stereocenters. The van der Waals surface area contributed by atoms with Crippen LogP contribution in [-0.2, 0) is 19.1 Å². The Balaban J connectivity index is 4.13. The number of hydrogen-bond acceptors (Lipinski definition) is 5. The Bertz CT molecular complexity index is 228. The van der Waals surface area contributed by atoms with E-state index in [4.69, 9.17) is 9.47 Å². The zero-order valence-electron chi connectivity index (χ0n) is 10.5. The molecule has 0 fully saturated rings. The van der Waals surface area contributed by atoms with E-state index in [1.165, 1.54) is 0 Å². The molecule has 0 unspecified atom stereocenters. The average Bonchev–Trinajstić information content (AvgIpc) is 2.18. The Morgan fingerprint density at radius 1 is 1.12 bits per heavy atom. The van der Waals surface area contributed by atoms with Crippen molar-refractivity contribution in [3.8, 4) is 0 Å². The molecule has 0 saturated heterocycles. The fourth-order valence-corrected chi connectivity index (χ4v) is 1.31. The summed E-state index contributed by atoms with van der Waals surface area (Å²) in [6.45, 7) is 4.23. The van der Waals surface area contributed by atoms with E-state index in [2.05, 4.69) is 0 Å². The highest BCUT2D eigenvalue weighted by Crippen LogP contribution is 2.07. The van der Waals surface area contributed by atoms with E-state index in [9.17, 15) is 9.59 Å². The number of likely N-dealkylation sites (N-methyl/N-ethyl adjacent to an activating group) is 1. The van der Waals surface area contributed by atoms with Gasteiger partial charge in [-0.15, -0.1) is 0 Å². The number of esters is 2. The molecule has 0 aliphatic rings. The summed E-state index contributed by atoms with van der Waals surface area (Å²) >= 11 is 0. The Hall–Kier alpha value is -1.10. The normalized spacial score (nSPS) is 12.3. The lowest BCUT2D eigenvalue weighted by Crippen LogP contribution is -2.37. The van der Waals surface area contributed by atoms with Crippen molar-refractivity contribution < 1.29 is 19.1 Å². The van der Waals surface area contributed by atoms with Gasteiger partial charge in [0.1, 0.15) is 6.04 Å². The van der Waals surface area contributed by atoms with Crippen molar-refractivity contribution in [3.63, 3.8) is 0 Å². The second-order valence-electron chi connectivity index (χ2n) is 3.58. The zero-order chi connectivity index (χ0) is 12.6. The van der Waals surface area contributed by atoms with Crippen LogP contribution in [0.4, 0.5) is 0 Å². The smallest absolute Gasteiger partial charge is 0.323 e. The van der Waals surface area contributed by atoms with Gasteiger partial charge >= 0.3 is 11.9 Å². The van der Waals surface area contributed by atoms with Crippen LogP contribution in [0.25, 0.3) is 0 Å². The first-order chi connectivity index (χ1) is 7.52. The Labute approximate surface area is 96.7 Å². The van der Waals surface area contributed by atoms with Crippen LogP contribution in [0.5, 0.6) is 0 Å². The van der Waals surface area contributed by atoms with Crippen LogP contribution in [0, 0.1) is 0 Å². The maximum absolute atomic E-state index is 11.5. The molecule has 0 aromatic rings. The first-order valence-corrected chi connectivity index (χ1v) is 5.51. The molecule has 0 heterocycles. The molecule has 5 heteroatoms. The summed E-state index contributed by atoms with van der Waals surface area (Å²) < 4.78 is 9.73. The van der Waals surface area contributed by atoms with Gasteiger partial charge < -0.3 is 9.47 Å². The van der Waals surface area contributed by atoms with Crippen molar-refractivity contribution in [1.29, 1.82) is 0 Å². The second-order valence-corrected chi connectivity index (χ2v) is 3.58. The third-order valence-electron chi connectivity index (χ3n) is 2.11. The van der Waals surface area contributed by atoms with Gasteiger partial charge in [0.15, 0.2) is 0 Å². The van der Waals surface area contributed by atoms with Gasteiger partial charge in [-0.2, -0.15) is 0 Å². The third-order valence-corrected chi connectivity index (χ3v) is 2.11. The van der Waals surface area contributed by atoms with Gasteiger partial charge in [-0.05, 0) is 34.4 Å². The molecule has 0 aromatic carbocycles. The van der Waals surface area contributed by atoms with Crippen LogP contribution in [0.15, 0.2) is 0 Å². The monoisotopic (exact) mass is 231 g/mol. The highest BCUT2D eigenvalue weighted by molar-refractivity contribution is 5.77. The number of ether oxygens (including phenoxy) is 2. The van der Waals surface area contributed by atoms with Gasteiger partial charge in [-0.3, -0.25) is 14.5 Å². The van der Waals surface area contributed by atoms with E-state index in [0.29, 0.717) is 19.6 Å². The van der Waals surface area contributed by atoms with E-state index in [-0.39, 0.29) is 24.4 Å². The number of rotatable bonds is 7. The molecular weight excluding hydrogens is 210 g/mol. The minimum Gasteiger partial charge on any atom is -0.466 e. The molecular formula is C11H21NO4. The zero-order valence-corrected chi connectivity index (χ0v) is 10.5. The summed E-state index contributed by atoms with van der Waals surface area (Å²) in [7, 11) is 3.57. The molecule has 5 nitrogen and oxygen atoms in total. The molecule has 0 radical (unpaired) electrons. The number of carbonyl (C=O) groups is 2. The largest absolute Gasteiger partial charge is 0.466 e. The van der Waals surface area contributed by atoms with Crippen LogP contribution < -0.4 is 0 Å². The standard InChI is InChI=1S/C11H21NO4/c1-5-15-10(13)8-7-9(12(3)4)11(14)16-6-2/h9H,5-8H2,1-4H3/t9-/m0/s1. The number of hydrogen-bond donors (Lipinski definition) is 0. The van der Waals surface area contributed by atoms with Crippen LogP contribution >= 0.6 is 0 Å². The van der Waals surface area contributed by atoms with Crippen molar-refractivity contribution in [3.05, 3.63) is 0 Å². The molecule has 16 heavy (non-hydrogen) atoms. The van der Waals surface area contributed by atoms with Gasteiger partial charge in [-0.25, -0.2) is 0 Å². The molecule has 0 aromatic heterocycles. The molecule has 0 aliphatic heterocycles. The van der Waals surface area contributed by atoms with Gasteiger partial charge in [0, 0.05) is 6.42 Å². The maximum Gasteiger partial charge on any atom is 0.323 e. The molecule has 0 amide bonds. The average molecular weight is 231 g/mol. The minimum atomic E-state index is -0.385. The molecule has 0 saturated carbocycles. The second kappa shape index (κ2) is 8.10. The van der Waals surface area contributed by atoms with Gasteiger partial charge in [0.05, 0.1) is 13.2 Å². The topological polar surface area (TPSA) is 55.8 Å². The van der Waals surface area contributed by atoms with E-state index < -0.39 is 0 Å². The SMILES string of the molecule is CCOC(=O)CC[C@@H](C(=O)OCC)N(C)C. The summed E-state index contributed by atoms with van der Waals surface area (Å²) in [6, 6.07) is -0.385. The number of carbonyl (C=O) groups excluding carboxylic acids is 2. The van der Waals surface area contributed by atoms with E-state index in [0.717, 1.165) is 0 Å². The van der Waals surface area contributed by atoms with Crippen LogP contribution in [-0.4, -0.2) is 50.2 Å². The molecule has 0 rings (SSSR count). The van der Waals surface area contributed by atoms with Crippen molar-refractivity contribution in [2.24, 2.45) is 0 Å². The summed E-state index contributed by atoms with van der Waals surface area (Å²) in [5.41, 5.74) is 0. The van der Waals surface area contributed by atoms with Gasteiger partial charge in [0.2, 0.25) is 0 Å². The van der Waals surface area contributed by atoms with Gasteiger partial charge in [0.25, 0.3) is 0 Å². The van der Waals surface area contributed by atoms with Gasteiger partial charge in [-0.1, -0.05) is 0 Å². The maximum atomic E-state index is 11.5. The van der Waals surface area contributed by atoms with Crippen LogP contribution in [0.1, 0.15) is 26.7 Å². The lowest BCUT2D eigenvalue weighted by atomic mass is 10.1. The quantitative estimate of drug-likeness (QED) is 0.607. The highest BCUT2D eigenvalue weighted by atomic mass is 16.5. The summed E-state index contributed by atoms with van der Waals surface area (Å²) in [5.74, 6) is -0.574. The molecule has 0 spiro atoms. The summed E-state index contributed by atoms with van der Waals surface area (Å²) in [4.78, 5) is 24.4. The molecule has 94 valence electrons. The fourth-order valence-electron chi connectivity index (χ4n) is 1.31. The predicted octanol–water partition coefficient (Wildman–Crippen LogP) is 0.823. The molecule has 0 aliphatic carbocycles. The van der Waals surface area contributed by atoms with E-state index in [1.807, 2.05) is 0 Å². The highest BCUT2D eigenvalue weighted by Gasteiger charge is 2.23. The summed E-state index contributed by atoms with van der Waals surface area (Å²) in [6.07, 6.45) is 0.653. The lowest BCUT2D eigenvalue weighted by molar-refractivity contribution is -0.149. The number of nitrogens with zero attached hydrogens (tertiary/aromatic N) is 1. The van der Waals surface area contributed by atoms with Crippen molar-refractivity contribution in [2.75, 3.05) is 27.3 Å². The Morgan fingerprint density at radius 2 is 1.69 bits per heavy atom. The lowest BCUT2D eigenvalue weighted by Gasteiger charge is -2.21. The van der Waals surface area contributed by atoms with E-state index >= 15 is 0 Å². The van der Waals surface area contributed by atoms with Crippen LogP contribution in [0.3, 0.4) is 0 Å². The summed E-state index contributed by atoms with van der Waals surface area (Å²) in [5, 5.41) is 0.